The monoisotopic (exact) mass is 636 g/mol. The number of nitrogen functional groups attached to an aromatic ring is 1. The van der Waals surface area contributed by atoms with Crippen LogP contribution in [0.25, 0.3) is 0 Å². The Hall–Kier alpha value is -3.77. The van der Waals surface area contributed by atoms with Crippen LogP contribution in [0.3, 0.4) is 0 Å². The zero-order chi connectivity index (χ0) is 29.8. The number of halogens is 1. The molecule has 0 radical (unpaired) electrons. The van der Waals surface area contributed by atoms with E-state index in [1.807, 2.05) is 0 Å². The topological polar surface area (TPSA) is 212 Å². The summed E-state index contributed by atoms with van der Waals surface area (Å²) in [5, 5.41) is 15.2. The number of thiazole rings is 1. The van der Waals surface area contributed by atoms with Crippen LogP contribution >= 0.6 is 35.5 Å². The van der Waals surface area contributed by atoms with Crippen molar-refractivity contribution < 1.29 is 48.1 Å². The maximum Gasteiger partial charge on any atom is 0.511 e. The van der Waals surface area contributed by atoms with Crippen LogP contribution < -0.4 is 11.1 Å². The summed E-state index contributed by atoms with van der Waals surface area (Å²) in [7, 11) is 3.03. The molecule has 1 aromatic rings. The highest BCUT2D eigenvalue weighted by molar-refractivity contribution is 8.00. The largest absolute Gasteiger partial charge is 0.511 e. The first-order chi connectivity index (χ1) is 18.8. The van der Waals surface area contributed by atoms with Crippen LogP contribution in [0.2, 0.25) is 0 Å². The fourth-order valence-corrected chi connectivity index (χ4v) is 5.40. The maximum absolute atomic E-state index is 13.5. The molecule has 1 saturated heterocycles. The predicted molar refractivity (Wildman–Crippen MR) is 147 cm³/mol. The molecule has 41 heavy (non-hydrogen) atoms. The van der Waals surface area contributed by atoms with E-state index in [0.717, 1.165) is 23.1 Å². The first-order valence-electron chi connectivity index (χ1n) is 11.6. The van der Waals surface area contributed by atoms with Crippen LogP contribution in [0, 0.1) is 0 Å². The molecule has 3 amide bonds. The maximum atomic E-state index is 13.5. The number of esters is 1. The summed E-state index contributed by atoms with van der Waals surface area (Å²) in [5.74, 6) is -3.04. The first-order valence-corrected chi connectivity index (χ1v) is 13.5. The summed E-state index contributed by atoms with van der Waals surface area (Å²) < 4.78 is 20.1. The first kappa shape index (κ1) is 33.4. The molecule has 0 aliphatic carbocycles. The van der Waals surface area contributed by atoms with Crippen LogP contribution in [0.5, 0.6) is 0 Å². The molecule has 1 aromatic heterocycles. The van der Waals surface area contributed by atoms with Crippen molar-refractivity contribution in [1.29, 1.82) is 0 Å². The van der Waals surface area contributed by atoms with Gasteiger partial charge in [-0.15, -0.1) is 35.5 Å². The lowest BCUT2D eigenvalue weighted by Gasteiger charge is -2.53. The van der Waals surface area contributed by atoms with Crippen molar-refractivity contribution in [1.82, 2.24) is 20.1 Å². The number of rotatable bonds is 9. The number of carbonyl (C=O) groups is 5. The third-order valence-corrected chi connectivity index (χ3v) is 7.38. The lowest BCUT2D eigenvalue weighted by molar-refractivity contribution is -0.188. The molecule has 1 fully saturated rings. The number of amides is 3. The van der Waals surface area contributed by atoms with Crippen molar-refractivity contribution in [3.05, 3.63) is 22.8 Å². The molecule has 0 bridgehead atoms. The van der Waals surface area contributed by atoms with Crippen molar-refractivity contribution in [3.63, 3.8) is 0 Å². The second kappa shape index (κ2) is 13.7. The standard InChI is InChI=1S/C22H28N6O10S2.ClH/c1-10(2)36-21(33)38-11(3)37-18(31)22(25-15(29)14(26-34)13-9-40-19(23)24-13)16(30)28-6-12(8-39-17(22)28)7-35-20(32)27(4)5;/h6,9-11,17,34H,7-8H2,1-5H3,(H2,23,24)(H,25,29);1H/b26-14-;/t11?,17-,22+;/m0./s1. The molecule has 0 aromatic carbocycles. The number of oxime groups is 1. The van der Waals surface area contributed by atoms with Crippen molar-refractivity contribution in [2.24, 2.45) is 5.16 Å². The van der Waals surface area contributed by atoms with Gasteiger partial charge in [-0.1, -0.05) is 5.16 Å². The van der Waals surface area contributed by atoms with Crippen LogP contribution in [0.1, 0.15) is 26.5 Å². The van der Waals surface area contributed by atoms with E-state index in [1.165, 1.54) is 42.4 Å². The van der Waals surface area contributed by atoms with E-state index in [1.54, 1.807) is 13.8 Å². The number of thioether (sulfide) groups is 1. The summed E-state index contributed by atoms with van der Waals surface area (Å²) in [4.78, 5) is 69.9. The molecule has 0 spiro atoms. The van der Waals surface area contributed by atoms with E-state index >= 15 is 0 Å². The molecule has 226 valence electrons. The molecule has 16 nitrogen and oxygen atoms in total. The Bertz CT molecular complexity index is 1260. The van der Waals surface area contributed by atoms with Gasteiger partial charge in [-0.05, 0) is 19.4 Å². The van der Waals surface area contributed by atoms with Crippen LogP contribution in [0.15, 0.2) is 22.3 Å². The normalized spacial score (nSPS) is 20.4. The quantitative estimate of drug-likeness (QED) is 0.0507. The number of carbonyl (C=O) groups excluding carboxylic acids is 5. The van der Waals surface area contributed by atoms with Crippen molar-refractivity contribution in [2.45, 2.75) is 44.1 Å². The van der Waals surface area contributed by atoms with E-state index in [2.05, 4.69) is 15.5 Å². The van der Waals surface area contributed by atoms with E-state index < -0.39 is 59.1 Å². The number of aromatic nitrogens is 1. The molecule has 19 heteroatoms. The number of nitrogens with two attached hydrogens (primary N) is 1. The number of anilines is 1. The van der Waals surface area contributed by atoms with Gasteiger partial charge in [0.05, 0.1) is 6.10 Å². The average Bonchev–Trinajstić information content (AvgIpc) is 3.30. The highest BCUT2D eigenvalue weighted by Crippen LogP contribution is 2.44. The fraction of sp³-hybridized carbons (Fsp3) is 0.500. The van der Waals surface area contributed by atoms with E-state index in [0.29, 0.717) is 5.57 Å². The van der Waals surface area contributed by atoms with Crippen LogP contribution in [-0.4, -0.2) is 105 Å². The Morgan fingerprint density at radius 2 is 1.95 bits per heavy atom. The number of nitrogens with zero attached hydrogens (tertiary/aromatic N) is 4. The second-order valence-electron chi connectivity index (χ2n) is 8.90. The van der Waals surface area contributed by atoms with Gasteiger partial charge in [0.1, 0.15) is 17.7 Å². The van der Waals surface area contributed by atoms with E-state index in [4.69, 9.17) is 24.7 Å². The van der Waals surface area contributed by atoms with Gasteiger partial charge in [-0.3, -0.25) is 9.59 Å². The van der Waals surface area contributed by atoms with Gasteiger partial charge in [-0.25, -0.2) is 19.4 Å². The molecule has 3 atom stereocenters. The molecule has 2 aliphatic rings. The molecular formula is C22H29ClN6O10S2. The Morgan fingerprint density at radius 3 is 2.51 bits per heavy atom. The van der Waals surface area contributed by atoms with Gasteiger partial charge >= 0.3 is 18.2 Å². The lowest BCUT2D eigenvalue weighted by atomic mass is 9.87. The minimum Gasteiger partial charge on any atom is -0.445 e. The van der Waals surface area contributed by atoms with Crippen molar-refractivity contribution in [3.8, 4) is 0 Å². The summed E-state index contributed by atoms with van der Waals surface area (Å²) in [6.07, 6.45) is -2.29. The Morgan fingerprint density at radius 1 is 1.27 bits per heavy atom. The van der Waals surface area contributed by atoms with Crippen molar-refractivity contribution in [2.75, 3.05) is 32.2 Å². The highest BCUT2D eigenvalue weighted by atomic mass is 35.5. The summed E-state index contributed by atoms with van der Waals surface area (Å²) >= 11 is 2.05. The number of nitrogens with one attached hydrogen (secondary N) is 1. The van der Waals surface area contributed by atoms with Gasteiger partial charge in [0.15, 0.2) is 10.8 Å². The highest BCUT2D eigenvalue weighted by Gasteiger charge is 2.69. The molecular weight excluding hydrogens is 608 g/mol. The lowest BCUT2D eigenvalue weighted by Crippen LogP contribution is -2.82. The summed E-state index contributed by atoms with van der Waals surface area (Å²) in [6, 6.07) is 0. The molecule has 3 rings (SSSR count). The third-order valence-electron chi connectivity index (χ3n) is 5.27. The zero-order valence-corrected chi connectivity index (χ0v) is 25.0. The summed E-state index contributed by atoms with van der Waals surface area (Å²) in [6.45, 7) is 4.28. The number of ether oxygens (including phenoxy) is 4. The Labute approximate surface area is 248 Å². The third kappa shape index (κ3) is 7.31. The van der Waals surface area contributed by atoms with Gasteiger partial charge in [0, 0.05) is 38.4 Å². The van der Waals surface area contributed by atoms with Gasteiger partial charge in [-0.2, -0.15) is 0 Å². The number of hydrogen-bond donors (Lipinski definition) is 3. The smallest absolute Gasteiger partial charge is 0.445 e. The second-order valence-corrected chi connectivity index (χ2v) is 10.9. The summed E-state index contributed by atoms with van der Waals surface area (Å²) in [5.41, 5.74) is 3.15. The fourth-order valence-electron chi connectivity index (χ4n) is 3.50. The number of hydrogen-bond acceptors (Lipinski definition) is 15. The van der Waals surface area contributed by atoms with Crippen LogP contribution in [-0.2, 0) is 33.3 Å². The molecule has 3 heterocycles. The van der Waals surface area contributed by atoms with Gasteiger partial charge in [0.2, 0.25) is 11.8 Å². The predicted octanol–water partition coefficient (Wildman–Crippen LogP) is 1.13. The molecule has 1 unspecified atom stereocenters. The minimum atomic E-state index is -2.30. The Balaban J connectivity index is 0.00000588. The van der Waals surface area contributed by atoms with Crippen LogP contribution in [0.4, 0.5) is 14.7 Å². The van der Waals surface area contributed by atoms with Crippen molar-refractivity contribution >= 4 is 76.4 Å². The minimum absolute atomic E-state index is 0. The average molecular weight is 637 g/mol. The zero-order valence-electron chi connectivity index (χ0n) is 22.5. The SMILES string of the molecule is CC(C)OC(=O)OC(C)OC(=O)[C@@]1(NC(=O)/C(=N\O)c2csc(N)n2)C(=O)N2C=C(COC(=O)N(C)C)CS[C@H]21.Cl. The number of fused-ring (bicyclic) bond motifs is 1. The van der Waals surface area contributed by atoms with E-state index in [9.17, 15) is 29.2 Å². The Kier molecular flexibility index (Phi) is 11.2. The number of β-lactam (4-membered cyclic amide) rings is 1. The molecule has 2 aliphatic heterocycles. The van der Waals surface area contributed by atoms with E-state index in [-0.39, 0.29) is 35.6 Å². The van der Waals surface area contributed by atoms with Gasteiger partial charge in [0.25, 0.3) is 11.8 Å². The molecule has 0 saturated carbocycles. The molecule has 4 N–H and O–H groups in total. The van der Waals surface area contributed by atoms with Gasteiger partial charge < -0.3 is 45.0 Å².